The van der Waals surface area contributed by atoms with Gasteiger partial charge in [-0.3, -0.25) is 4.79 Å². The van der Waals surface area contributed by atoms with Crippen molar-refractivity contribution in [2.24, 2.45) is 5.92 Å². The molecule has 1 N–H and O–H groups in total. The Morgan fingerprint density at radius 1 is 1.77 bits per heavy atom. The van der Waals surface area contributed by atoms with E-state index < -0.39 is 0 Å². The Morgan fingerprint density at radius 2 is 2.54 bits per heavy atom. The van der Waals surface area contributed by atoms with Gasteiger partial charge in [-0.2, -0.15) is 11.8 Å². The van der Waals surface area contributed by atoms with Crippen molar-refractivity contribution in [1.82, 2.24) is 5.32 Å². The maximum atomic E-state index is 11.6. The summed E-state index contributed by atoms with van der Waals surface area (Å²) in [6.07, 6.45) is 2.06. The van der Waals surface area contributed by atoms with Crippen LogP contribution in [0, 0.1) is 5.92 Å². The number of hydrogen-bond acceptors (Lipinski definition) is 2. The van der Waals surface area contributed by atoms with E-state index in [1.807, 2.05) is 11.8 Å². The summed E-state index contributed by atoms with van der Waals surface area (Å²) in [7, 11) is 0. The number of halogens is 1. The molecule has 2 unspecified atom stereocenters. The predicted octanol–water partition coefficient (Wildman–Crippen LogP) is 2.03. The maximum Gasteiger partial charge on any atom is 0.224 e. The summed E-state index contributed by atoms with van der Waals surface area (Å²) in [6, 6.07) is 0.303. The summed E-state index contributed by atoms with van der Waals surface area (Å²) in [6.45, 7) is 2.06. The van der Waals surface area contributed by atoms with Crippen LogP contribution in [0.3, 0.4) is 0 Å². The third-order valence-electron chi connectivity index (χ3n) is 2.23. The molecule has 1 amide bonds. The van der Waals surface area contributed by atoms with Gasteiger partial charge >= 0.3 is 0 Å². The molecule has 0 radical (unpaired) electrons. The van der Waals surface area contributed by atoms with Crippen LogP contribution in [-0.2, 0) is 4.79 Å². The van der Waals surface area contributed by atoms with Gasteiger partial charge in [0.1, 0.15) is 0 Å². The van der Waals surface area contributed by atoms with E-state index in [4.69, 9.17) is 0 Å². The number of amides is 1. The molecule has 0 aromatic carbocycles. The summed E-state index contributed by atoms with van der Waals surface area (Å²) in [4.78, 5) is 11.6. The van der Waals surface area contributed by atoms with Crippen molar-refractivity contribution in [1.29, 1.82) is 0 Å². The number of nitrogens with one attached hydrogen (secondary N) is 1. The molecule has 1 aliphatic heterocycles. The van der Waals surface area contributed by atoms with Crippen molar-refractivity contribution < 1.29 is 4.79 Å². The van der Waals surface area contributed by atoms with Crippen LogP contribution in [0.2, 0.25) is 0 Å². The van der Waals surface area contributed by atoms with E-state index in [-0.39, 0.29) is 11.8 Å². The number of carbonyl (C=O) groups excluding carboxylic acids is 1. The molecule has 0 spiro atoms. The van der Waals surface area contributed by atoms with Crippen molar-refractivity contribution in [3.63, 3.8) is 0 Å². The predicted molar refractivity (Wildman–Crippen MR) is 61.4 cm³/mol. The fraction of sp³-hybridized carbons (Fsp3) is 0.889. The molecule has 76 valence electrons. The molecule has 2 atom stereocenters. The number of hydrogen-bond donors (Lipinski definition) is 1. The average Bonchev–Trinajstić information content (AvgIpc) is 2.55. The zero-order chi connectivity index (χ0) is 9.68. The van der Waals surface area contributed by atoms with Gasteiger partial charge in [0.05, 0.1) is 0 Å². The molecular weight excluding hydrogens is 250 g/mol. The topological polar surface area (TPSA) is 29.1 Å². The van der Waals surface area contributed by atoms with Crippen molar-refractivity contribution in [3.05, 3.63) is 0 Å². The molecule has 1 heterocycles. The second-order valence-electron chi connectivity index (χ2n) is 3.45. The van der Waals surface area contributed by atoms with Gasteiger partial charge in [0.2, 0.25) is 5.91 Å². The minimum absolute atomic E-state index is 0.249. The number of thioether (sulfide) groups is 1. The fourth-order valence-corrected chi connectivity index (χ4v) is 3.25. The van der Waals surface area contributed by atoms with Gasteiger partial charge < -0.3 is 5.32 Å². The summed E-state index contributed by atoms with van der Waals surface area (Å²) in [5.41, 5.74) is 0. The normalized spacial score (nSPS) is 24.3. The van der Waals surface area contributed by atoms with E-state index in [2.05, 4.69) is 28.2 Å². The Morgan fingerprint density at radius 3 is 3.08 bits per heavy atom. The summed E-state index contributed by atoms with van der Waals surface area (Å²) < 4.78 is 0. The molecule has 0 bridgehead atoms. The minimum Gasteiger partial charge on any atom is -0.353 e. The van der Waals surface area contributed by atoms with E-state index in [0.29, 0.717) is 6.04 Å². The molecule has 0 aromatic rings. The average molecular weight is 266 g/mol. The van der Waals surface area contributed by atoms with E-state index in [1.54, 1.807) is 0 Å². The molecule has 0 aliphatic carbocycles. The van der Waals surface area contributed by atoms with Crippen molar-refractivity contribution >= 4 is 33.6 Å². The van der Waals surface area contributed by atoms with Crippen LogP contribution in [0.15, 0.2) is 0 Å². The van der Waals surface area contributed by atoms with Crippen molar-refractivity contribution in [2.45, 2.75) is 25.8 Å². The van der Waals surface area contributed by atoms with Crippen LogP contribution in [0.4, 0.5) is 0 Å². The second kappa shape index (κ2) is 5.91. The molecular formula is C9H16BrNOS. The van der Waals surface area contributed by atoms with Crippen LogP contribution in [0.1, 0.15) is 19.8 Å². The Kier molecular flexibility index (Phi) is 5.17. The quantitative estimate of drug-likeness (QED) is 0.789. The lowest BCUT2D eigenvalue weighted by Crippen LogP contribution is -2.37. The van der Waals surface area contributed by atoms with Gasteiger partial charge in [0.15, 0.2) is 0 Å². The highest BCUT2D eigenvalue weighted by Crippen LogP contribution is 2.23. The van der Waals surface area contributed by atoms with Crippen LogP contribution in [-0.4, -0.2) is 28.8 Å². The summed E-state index contributed by atoms with van der Waals surface area (Å²) in [5.74, 6) is 2.67. The Balaban J connectivity index is 2.23. The third-order valence-corrected chi connectivity index (χ3v) is 3.85. The standard InChI is InChI=1S/C9H16BrNOS/c1-7(2-4-10)11-9(12)8-3-5-13-6-8/h7-8H,2-6H2,1H3,(H,11,12). The molecule has 1 fully saturated rings. The number of alkyl halides is 1. The Bertz CT molecular complexity index is 171. The molecule has 1 saturated heterocycles. The lowest BCUT2D eigenvalue weighted by molar-refractivity contribution is -0.124. The van der Waals surface area contributed by atoms with E-state index >= 15 is 0 Å². The van der Waals surface area contributed by atoms with Gasteiger partial charge in [0.25, 0.3) is 0 Å². The van der Waals surface area contributed by atoms with Crippen molar-refractivity contribution in [3.8, 4) is 0 Å². The molecule has 0 aromatic heterocycles. The van der Waals surface area contributed by atoms with Crippen LogP contribution >= 0.6 is 27.7 Å². The Labute approximate surface area is 92.4 Å². The summed E-state index contributed by atoms with van der Waals surface area (Å²) >= 11 is 5.25. The smallest absolute Gasteiger partial charge is 0.224 e. The lowest BCUT2D eigenvalue weighted by Gasteiger charge is -2.15. The highest BCUT2D eigenvalue weighted by atomic mass is 79.9. The van der Waals surface area contributed by atoms with Crippen LogP contribution in [0.25, 0.3) is 0 Å². The van der Waals surface area contributed by atoms with Crippen molar-refractivity contribution in [2.75, 3.05) is 16.8 Å². The van der Waals surface area contributed by atoms with E-state index in [1.165, 1.54) is 0 Å². The molecule has 2 nitrogen and oxygen atoms in total. The number of carbonyl (C=O) groups is 1. The first-order valence-corrected chi connectivity index (χ1v) is 6.95. The fourth-order valence-electron chi connectivity index (χ4n) is 1.34. The minimum atomic E-state index is 0.249. The first-order chi connectivity index (χ1) is 6.24. The van der Waals surface area contributed by atoms with Gasteiger partial charge in [-0.25, -0.2) is 0 Å². The molecule has 4 heteroatoms. The lowest BCUT2D eigenvalue weighted by atomic mass is 10.1. The second-order valence-corrected chi connectivity index (χ2v) is 5.39. The van der Waals surface area contributed by atoms with Gasteiger partial charge in [0, 0.05) is 23.0 Å². The zero-order valence-corrected chi connectivity index (χ0v) is 10.3. The monoisotopic (exact) mass is 265 g/mol. The van der Waals surface area contributed by atoms with Gasteiger partial charge in [-0.1, -0.05) is 15.9 Å². The first-order valence-electron chi connectivity index (χ1n) is 4.68. The molecule has 1 rings (SSSR count). The van der Waals surface area contributed by atoms with E-state index in [0.717, 1.165) is 29.7 Å². The summed E-state index contributed by atoms with van der Waals surface area (Å²) in [5, 5.41) is 3.99. The van der Waals surface area contributed by atoms with Gasteiger partial charge in [-0.05, 0) is 25.5 Å². The molecule has 1 aliphatic rings. The van der Waals surface area contributed by atoms with Gasteiger partial charge in [-0.15, -0.1) is 0 Å². The van der Waals surface area contributed by atoms with E-state index in [9.17, 15) is 4.79 Å². The highest BCUT2D eigenvalue weighted by Gasteiger charge is 2.23. The number of rotatable bonds is 4. The molecule has 0 saturated carbocycles. The highest BCUT2D eigenvalue weighted by molar-refractivity contribution is 9.09. The largest absolute Gasteiger partial charge is 0.353 e. The van der Waals surface area contributed by atoms with Crippen LogP contribution < -0.4 is 5.32 Å². The zero-order valence-electron chi connectivity index (χ0n) is 7.88. The molecule has 13 heavy (non-hydrogen) atoms. The third kappa shape index (κ3) is 3.90. The Hall–Kier alpha value is 0.300. The maximum absolute atomic E-state index is 11.6. The SMILES string of the molecule is CC(CCBr)NC(=O)C1CCSC1. The first kappa shape index (κ1) is 11.4. The van der Waals surface area contributed by atoms with Crippen LogP contribution in [0.5, 0.6) is 0 Å².